The average molecular weight is 274 g/mol. The van der Waals surface area contributed by atoms with Gasteiger partial charge in [-0.15, -0.1) is 11.8 Å². The minimum absolute atomic E-state index is 0.201. The van der Waals surface area contributed by atoms with Crippen LogP contribution in [0.4, 0.5) is 0 Å². The van der Waals surface area contributed by atoms with Crippen molar-refractivity contribution in [2.45, 2.75) is 18.4 Å². The first-order chi connectivity index (χ1) is 8.17. The van der Waals surface area contributed by atoms with E-state index in [4.69, 9.17) is 16.3 Å². The number of halogens is 1. The lowest BCUT2D eigenvalue weighted by Crippen LogP contribution is -2.07. The molecular formula is C12H16ClNO2S. The zero-order chi connectivity index (χ0) is 12.7. The highest BCUT2D eigenvalue weighted by Crippen LogP contribution is 2.25. The van der Waals surface area contributed by atoms with Gasteiger partial charge in [0.2, 0.25) is 0 Å². The van der Waals surface area contributed by atoms with Crippen LogP contribution >= 0.6 is 23.4 Å². The molecule has 0 atom stereocenters. The molecule has 1 N–H and O–H groups in total. The fourth-order valence-electron chi connectivity index (χ4n) is 1.30. The summed E-state index contributed by atoms with van der Waals surface area (Å²) in [7, 11) is 1.87. The summed E-state index contributed by atoms with van der Waals surface area (Å²) >= 11 is 7.55. The van der Waals surface area contributed by atoms with Gasteiger partial charge in [-0.25, -0.2) is 0 Å². The van der Waals surface area contributed by atoms with Crippen molar-refractivity contribution in [2.75, 3.05) is 19.4 Å². The fraction of sp³-hybridized carbons (Fsp3) is 0.417. The second kappa shape index (κ2) is 7.58. The van der Waals surface area contributed by atoms with Gasteiger partial charge < -0.3 is 10.1 Å². The molecule has 0 aliphatic heterocycles. The van der Waals surface area contributed by atoms with E-state index in [-0.39, 0.29) is 5.97 Å². The summed E-state index contributed by atoms with van der Waals surface area (Å²) in [5.74, 6) is 0.114. The lowest BCUT2D eigenvalue weighted by molar-refractivity contribution is -0.139. The Morgan fingerprint density at radius 3 is 2.88 bits per heavy atom. The summed E-state index contributed by atoms with van der Waals surface area (Å²) in [6, 6.07) is 5.80. The molecule has 0 aliphatic rings. The van der Waals surface area contributed by atoms with Crippen molar-refractivity contribution in [2.24, 2.45) is 0 Å². The number of ether oxygens (including phenoxy) is 1. The molecule has 94 valence electrons. The van der Waals surface area contributed by atoms with Crippen LogP contribution in [0.3, 0.4) is 0 Å². The van der Waals surface area contributed by atoms with E-state index in [1.54, 1.807) is 6.92 Å². The molecule has 1 rings (SSSR count). The SMILES string of the molecule is CCOC(=O)CSc1ccc(CNC)c(Cl)c1. The van der Waals surface area contributed by atoms with Gasteiger partial charge in [-0.3, -0.25) is 4.79 Å². The molecule has 0 heterocycles. The molecule has 0 amide bonds. The van der Waals surface area contributed by atoms with Gasteiger partial charge in [-0.05, 0) is 31.7 Å². The number of nitrogens with one attached hydrogen (secondary N) is 1. The van der Waals surface area contributed by atoms with E-state index in [9.17, 15) is 4.79 Å². The van der Waals surface area contributed by atoms with Gasteiger partial charge in [0, 0.05) is 16.5 Å². The van der Waals surface area contributed by atoms with Crippen molar-refractivity contribution in [1.82, 2.24) is 5.32 Å². The monoisotopic (exact) mass is 273 g/mol. The average Bonchev–Trinajstić information content (AvgIpc) is 2.30. The Balaban J connectivity index is 2.55. The van der Waals surface area contributed by atoms with Crippen LogP contribution in [-0.4, -0.2) is 25.4 Å². The van der Waals surface area contributed by atoms with Gasteiger partial charge in [0.25, 0.3) is 0 Å². The van der Waals surface area contributed by atoms with Crippen molar-refractivity contribution >= 4 is 29.3 Å². The third kappa shape index (κ3) is 4.98. The maximum atomic E-state index is 11.2. The summed E-state index contributed by atoms with van der Waals surface area (Å²) in [6.45, 7) is 2.95. The minimum Gasteiger partial charge on any atom is -0.465 e. The second-order valence-electron chi connectivity index (χ2n) is 3.38. The number of rotatable bonds is 6. The summed E-state index contributed by atoms with van der Waals surface area (Å²) in [5.41, 5.74) is 1.05. The molecule has 3 nitrogen and oxygen atoms in total. The number of benzene rings is 1. The first-order valence-electron chi connectivity index (χ1n) is 5.38. The predicted octanol–water partition coefficient (Wildman–Crippen LogP) is 2.71. The van der Waals surface area contributed by atoms with Crippen molar-refractivity contribution in [3.05, 3.63) is 28.8 Å². The third-order valence-electron chi connectivity index (χ3n) is 2.05. The maximum Gasteiger partial charge on any atom is 0.316 e. The van der Waals surface area contributed by atoms with Crippen molar-refractivity contribution in [1.29, 1.82) is 0 Å². The summed E-state index contributed by atoms with van der Waals surface area (Å²) in [6.07, 6.45) is 0. The van der Waals surface area contributed by atoms with Gasteiger partial charge in [-0.2, -0.15) is 0 Å². The highest BCUT2D eigenvalue weighted by Gasteiger charge is 2.05. The normalized spacial score (nSPS) is 10.3. The van der Waals surface area contributed by atoms with Crippen LogP contribution in [0.15, 0.2) is 23.1 Å². The van der Waals surface area contributed by atoms with E-state index >= 15 is 0 Å². The third-order valence-corrected chi connectivity index (χ3v) is 3.37. The molecule has 0 fully saturated rings. The van der Waals surface area contributed by atoms with Gasteiger partial charge in [-0.1, -0.05) is 17.7 Å². The number of hydrogen-bond donors (Lipinski definition) is 1. The first-order valence-corrected chi connectivity index (χ1v) is 6.75. The van der Waals surface area contributed by atoms with Gasteiger partial charge >= 0.3 is 5.97 Å². The van der Waals surface area contributed by atoms with E-state index in [1.165, 1.54) is 11.8 Å². The van der Waals surface area contributed by atoms with Crippen molar-refractivity contribution in [3.63, 3.8) is 0 Å². The topological polar surface area (TPSA) is 38.3 Å². The standard InChI is InChI=1S/C12H16ClNO2S/c1-3-16-12(15)8-17-10-5-4-9(7-14-2)11(13)6-10/h4-6,14H,3,7-8H2,1-2H3. The number of carbonyl (C=O) groups is 1. The molecule has 17 heavy (non-hydrogen) atoms. The van der Waals surface area contributed by atoms with Crippen LogP contribution in [0, 0.1) is 0 Å². The van der Waals surface area contributed by atoms with Crippen LogP contribution in [-0.2, 0) is 16.1 Å². The van der Waals surface area contributed by atoms with Crippen LogP contribution in [0.2, 0.25) is 5.02 Å². The quantitative estimate of drug-likeness (QED) is 0.639. The Morgan fingerprint density at radius 1 is 1.53 bits per heavy atom. The Labute approximate surface area is 111 Å². The second-order valence-corrected chi connectivity index (χ2v) is 4.83. The molecule has 0 bridgehead atoms. The van der Waals surface area contributed by atoms with Gasteiger partial charge in [0.05, 0.1) is 12.4 Å². The molecule has 0 spiro atoms. The van der Waals surface area contributed by atoms with E-state index in [0.717, 1.165) is 17.0 Å². The summed E-state index contributed by atoms with van der Waals surface area (Å²) < 4.78 is 4.85. The van der Waals surface area contributed by atoms with Gasteiger partial charge in [0.1, 0.15) is 0 Å². The van der Waals surface area contributed by atoms with Gasteiger partial charge in [0.15, 0.2) is 0 Å². The van der Waals surface area contributed by atoms with E-state index in [1.807, 2.05) is 25.2 Å². The number of esters is 1. The largest absolute Gasteiger partial charge is 0.465 e. The highest BCUT2D eigenvalue weighted by molar-refractivity contribution is 8.00. The molecule has 1 aromatic carbocycles. The Hall–Kier alpha value is -0.710. The molecule has 5 heteroatoms. The summed E-state index contributed by atoms with van der Waals surface area (Å²) in [4.78, 5) is 12.2. The molecule has 0 aromatic heterocycles. The summed E-state index contributed by atoms with van der Waals surface area (Å²) in [5, 5.41) is 3.76. The highest BCUT2D eigenvalue weighted by atomic mass is 35.5. The van der Waals surface area contributed by atoms with Crippen molar-refractivity contribution in [3.8, 4) is 0 Å². The number of carbonyl (C=O) groups excluding carboxylic acids is 1. The smallest absolute Gasteiger partial charge is 0.316 e. The number of thioether (sulfide) groups is 1. The lowest BCUT2D eigenvalue weighted by atomic mass is 10.2. The molecular weight excluding hydrogens is 258 g/mol. The zero-order valence-electron chi connectivity index (χ0n) is 9.96. The Bertz CT molecular complexity index is 385. The molecule has 0 radical (unpaired) electrons. The number of hydrogen-bond acceptors (Lipinski definition) is 4. The molecule has 0 saturated carbocycles. The first kappa shape index (κ1) is 14.4. The zero-order valence-corrected chi connectivity index (χ0v) is 11.5. The lowest BCUT2D eigenvalue weighted by Gasteiger charge is -2.06. The molecule has 0 saturated heterocycles. The molecule has 0 unspecified atom stereocenters. The van der Waals surface area contributed by atoms with E-state index < -0.39 is 0 Å². The maximum absolute atomic E-state index is 11.2. The molecule has 1 aromatic rings. The van der Waals surface area contributed by atoms with E-state index in [2.05, 4.69) is 5.32 Å². The van der Waals surface area contributed by atoms with Crippen LogP contribution in [0.1, 0.15) is 12.5 Å². The minimum atomic E-state index is -0.201. The van der Waals surface area contributed by atoms with Crippen LogP contribution in [0.25, 0.3) is 0 Å². The van der Waals surface area contributed by atoms with Crippen molar-refractivity contribution < 1.29 is 9.53 Å². The van der Waals surface area contributed by atoms with E-state index in [0.29, 0.717) is 17.4 Å². The Kier molecular flexibility index (Phi) is 6.40. The molecule has 0 aliphatic carbocycles. The Morgan fingerprint density at radius 2 is 2.29 bits per heavy atom. The van der Waals surface area contributed by atoms with Crippen LogP contribution < -0.4 is 5.32 Å². The predicted molar refractivity (Wildman–Crippen MR) is 71.6 cm³/mol. The fourth-order valence-corrected chi connectivity index (χ4v) is 2.34. The van der Waals surface area contributed by atoms with Crippen LogP contribution in [0.5, 0.6) is 0 Å².